The highest BCUT2D eigenvalue weighted by Gasteiger charge is 2.24. The van der Waals surface area contributed by atoms with Gasteiger partial charge in [-0.1, -0.05) is 0 Å². The molecule has 4 nitrogen and oxygen atoms in total. The van der Waals surface area contributed by atoms with Crippen LogP contribution in [0.4, 0.5) is 0 Å². The summed E-state index contributed by atoms with van der Waals surface area (Å²) in [6, 6.07) is 4.27. The molecule has 20 heavy (non-hydrogen) atoms. The first-order chi connectivity index (χ1) is 9.67. The second-order valence-corrected chi connectivity index (χ2v) is 5.94. The Bertz CT molecular complexity index is 617. The van der Waals surface area contributed by atoms with Gasteiger partial charge in [0, 0.05) is 36.5 Å². The van der Waals surface area contributed by atoms with Gasteiger partial charge in [0.1, 0.15) is 11.9 Å². The van der Waals surface area contributed by atoms with E-state index >= 15 is 0 Å². The first kappa shape index (κ1) is 13.3. The lowest BCUT2D eigenvalue weighted by atomic mass is 9.94. The van der Waals surface area contributed by atoms with Crippen LogP contribution >= 0.6 is 0 Å². The van der Waals surface area contributed by atoms with Gasteiger partial charge in [0.05, 0.1) is 5.69 Å². The van der Waals surface area contributed by atoms with Crippen LogP contribution in [0.2, 0.25) is 0 Å². The molecule has 1 aliphatic rings. The summed E-state index contributed by atoms with van der Waals surface area (Å²) >= 11 is 0. The fourth-order valence-electron chi connectivity index (χ4n) is 3.00. The Morgan fingerprint density at radius 2 is 2.30 bits per heavy atom. The number of aromatic nitrogens is 2. The number of pyridine rings is 1. The molecule has 1 unspecified atom stereocenters. The lowest BCUT2D eigenvalue weighted by Crippen LogP contribution is -2.39. The SMILES string of the molecule is CC(C)N1CCCC(c2cn3ccc(C=O)cc3n2)C1. The van der Waals surface area contributed by atoms with E-state index in [0.717, 1.165) is 24.2 Å². The molecule has 1 atom stereocenters. The first-order valence-corrected chi connectivity index (χ1v) is 7.35. The Kier molecular flexibility index (Phi) is 3.57. The van der Waals surface area contributed by atoms with E-state index in [0.29, 0.717) is 17.5 Å². The lowest BCUT2D eigenvalue weighted by Gasteiger charge is -2.34. The molecule has 0 radical (unpaired) electrons. The van der Waals surface area contributed by atoms with Gasteiger partial charge in [-0.15, -0.1) is 0 Å². The van der Waals surface area contributed by atoms with E-state index in [2.05, 4.69) is 24.9 Å². The molecule has 106 valence electrons. The molecule has 2 aromatic heterocycles. The Labute approximate surface area is 119 Å². The van der Waals surface area contributed by atoms with Crippen LogP contribution in [-0.4, -0.2) is 39.7 Å². The van der Waals surface area contributed by atoms with Gasteiger partial charge < -0.3 is 9.30 Å². The molecule has 1 saturated heterocycles. The minimum Gasteiger partial charge on any atom is -0.307 e. The van der Waals surface area contributed by atoms with Gasteiger partial charge in [-0.25, -0.2) is 4.98 Å². The molecule has 4 heteroatoms. The van der Waals surface area contributed by atoms with Crippen LogP contribution in [-0.2, 0) is 0 Å². The number of aldehydes is 1. The third kappa shape index (κ3) is 2.48. The van der Waals surface area contributed by atoms with E-state index in [9.17, 15) is 4.79 Å². The second-order valence-electron chi connectivity index (χ2n) is 5.94. The molecule has 1 fully saturated rings. The number of rotatable bonds is 3. The number of carbonyl (C=O) groups excluding carboxylic acids is 1. The Hall–Kier alpha value is -1.68. The fraction of sp³-hybridized carbons (Fsp3) is 0.500. The van der Waals surface area contributed by atoms with Gasteiger partial charge in [-0.3, -0.25) is 4.79 Å². The lowest BCUT2D eigenvalue weighted by molar-refractivity contribution is 0.112. The van der Waals surface area contributed by atoms with Gasteiger partial charge in [0.25, 0.3) is 0 Å². The molecule has 0 aliphatic carbocycles. The van der Waals surface area contributed by atoms with E-state index in [1.807, 2.05) is 22.7 Å². The molecule has 0 aromatic carbocycles. The summed E-state index contributed by atoms with van der Waals surface area (Å²) in [4.78, 5) is 18.1. The van der Waals surface area contributed by atoms with E-state index in [1.54, 1.807) is 0 Å². The zero-order valence-corrected chi connectivity index (χ0v) is 12.1. The van der Waals surface area contributed by atoms with Crippen molar-refractivity contribution in [2.24, 2.45) is 0 Å². The van der Waals surface area contributed by atoms with E-state index in [4.69, 9.17) is 4.98 Å². The molecule has 0 amide bonds. The Morgan fingerprint density at radius 3 is 3.05 bits per heavy atom. The summed E-state index contributed by atoms with van der Waals surface area (Å²) in [5.74, 6) is 0.505. The highest BCUT2D eigenvalue weighted by atomic mass is 16.1. The Morgan fingerprint density at radius 1 is 1.45 bits per heavy atom. The molecule has 3 heterocycles. The zero-order chi connectivity index (χ0) is 14.1. The van der Waals surface area contributed by atoms with Crippen LogP contribution in [0.5, 0.6) is 0 Å². The average molecular weight is 271 g/mol. The fourth-order valence-corrected chi connectivity index (χ4v) is 3.00. The minimum atomic E-state index is 0.505. The quantitative estimate of drug-likeness (QED) is 0.806. The van der Waals surface area contributed by atoms with Gasteiger partial charge >= 0.3 is 0 Å². The normalized spacial score (nSPS) is 20.6. The third-order valence-corrected chi connectivity index (χ3v) is 4.24. The van der Waals surface area contributed by atoms with Gasteiger partial charge in [-0.2, -0.15) is 0 Å². The molecule has 1 aliphatic heterocycles. The maximum Gasteiger partial charge on any atom is 0.150 e. The molecule has 0 saturated carbocycles. The van der Waals surface area contributed by atoms with Crippen molar-refractivity contribution in [3.05, 3.63) is 35.8 Å². The van der Waals surface area contributed by atoms with Crippen LogP contribution in [0.3, 0.4) is 0 Å². The van der Waals surface area contributed by atoms with Crippen LogP contribution in [0.25, 0.3) is 5.65 Å². The number of hydrogen-bond acceptors (Lipinski definition) is 3. The van der Waals surface area contributed by atoms with Crippen LogP contribution in [0, 0.1) is 0 Å². The number of fused-ring (bicyclic) bond motifs is 1. The minimum absolute atomic E-state index is 0.505. The van der Waals surface area contributed by atoms with Gasteiger partial charge in [0.15, 0.2) is 0 Å². The summed E-state index contributed by atoms with van der Waals surface area (Å²) in [7, 11) is 0. The van der Waals surface area contributed by atoms with Crippen molar-refractivity contribution in [3.63, 3.8) is 0 Å². The maximum atomic E-state index is 10.8. The molecular weight excluding hydrogens is 250 g/mol. The molecule has 2 aromatic rings. The molecule has 3 rings (SSSR count). The van der Waals surface area contributed by atoms with E-state index in [-0.39, 0.29) is 0 Å². The number of hydrogen-bond donors (Lipinski definition) is 0. The standard InChI is InChI=1S/C16H21N3O/c1-12(2)18-6-3-4-14(9-18)15-10-19-7-5-13(11-20)8-16(19)17-15/h5,7-8,10-12,14H,3-4,6,9H2,1-2H3. The van der Waals surface area contributed by atoms with Crippen LogP contribution in [0.1, 0.15) is 48.7 Å². The Balaban J connectivity index is 1.88. The van der Waals surface area contributed by atoms with Crippen molar-refractivity contribution in [3.8, 4) is 0 Å². The van der Waals surface area contributed by atoms with Gasteiger partial charge in [-0.05, 0) is 45.4 Å². The maximum absolute atomic E-state index is 10.8. The number of carbonyl (C=O) groups is 1. The molecule has 0 N–H and O–H groups in total. The topological polar surface area (TPSA) is 37.6 Å². The second kappa shape index (κ2) is 5.37. The van der Waals surface area contributed by atoms with Crippen molar-refractivity contribution >= 4 is 11.9 Å². The monoisotopic (exact) mass is 271 g/mol. The summed E-state index contributed by atoms with van der Waals surface area (Å²) in [6.07, 6.45) is 7.33. The van der Waals surface area contributed by atoms with Crippen molar-refractivity contribution < 1.29 is 4.79 Å². The summed E-state index contributed by atoms with van der Waals surface area (Å²) in [5.41, 5.74) is 2.70. The van der Waals surface area contributed by atoms with E-state index in [1.165, 1.54) is 19.4 Å². The number of likely N-dealkylation sites (tertiary alicyclic amines) is 1. The van der Waals surface area contributed by atoms with Crippen LogP contribution in [0.15, 0.2) is 24.5 Å². The highest BCUT2D eigenvalue weighted by Crippen LogP contribution is 2.27. The van der Waals surface area contributed by atoms with E-state index < -0.39 is 0 Å². The summed E-state index contributed by atoms with van der Waals surface area (Å²) in [6.45, 7) is 6.78. The number of piperidine rings is 1. The van der Waals surface area contributed by atoms with Crippen molar-refractivity contribution in [1.29, 1.82) is 0 Å². The van der Waals surface area contributed by atoms with Crippen LogP contribution < -0.4 is 0 Å². The van der Waals surface area contributed by atoms with Crippen molar-refractivity contribution in [2.45, 2.75) is 38.6 Å². The third-order valence-electron chi connectivity index (χ3n) is 4.24. The molecule has 0 bridgehead atoms. The summed E-state index contributed by atoms with van der Waals surface area (Å²) < 4.78 is 2.01. The molecular formula is C16H21N3O. The number of nitrogens with zero attached hydrogens (tertiary/aromatic N) is 3. The van der Waals surface area contributed by atoms with Crippen molar-refractivity contribution in [1.82, 2.24) is 14.3 Å². The predicted octanol–water partition coefficient (Wildman–Crippen LogP) is 2.73. The van der Waals surface area contributed by atoms with Gasteiger partial charge in [0.2, 0.25) is 0 Å². The highest BCUT2D eigenvalue weighted by molar-refractivity contribution is 5.76. The summed E-state index contributed by atoms with van der Waals surface area (Å²) in [5, 5.41) is 0. The average Bonchev–Trinajstić information content (AvgIpc) is 2.90. The smallest absolute Gasteiger partial charge is 0.150 e. The molecule has 0 spiro atoms. The predicted molar refractivity (Wildman–Crippen MR) is 79.3 cm³/mol. The zero-order valence-electron chi connectivity index (χ0n) is 12.1. The largest absolute Gasteiger partial charge is 0.307 e. The first-order valence-electron chi connectivity index (χ1n) is 7.35. The number of imidazole rings is 1. The van der Waals surface area contributed by atoms with Crippen molar-refractivity contribution in [2.75, 3.05) is 13.1 Å².